The molecule has 134 valence electrons. The van der Waals surface area contributed by atoms with Crippen LogP contribution >= 0.6 is 11.8 Å². The van der Waals surface area contributed by atoms with Gasteiger partial charge in [0, 0.05) is 33.7 Å². The fourth-order valence-corrected chi connectivity index (χ4v) is 3.20. The molecule has 0 aliphatic rings. The van der Waals surface area contributed by atoms with E-state index in [2.05, 4.69) is 36.0 Å². The number of aromatic amines is 1. The van der Waals surface area contributed by atoms with Gasteiger partial charge >= 0.3 is 6.03 Å². The molecule has 2 amide bonds. The Hall–Kier alpha value is -2.80. The van der Waals surface area contributed by atoms with E-state index in [1.165, 1.54) is 4.90 Å². The Morgan fingerprint density at radius 1 is 1.08 bits per heavy atom. The van der Waals surface area contributed by atoms with Crippen LogP contribution in [-0.2, 0) is 5.41 Å². The maximum absolute atomic E-state index is 12.0. The summed E-state index contributed by atoms with van der Waals surface area (Å²) in [6.45, 7) is 6.19. The molecular weight excluding hydrogens is 346 g/mol. The van der Waals surface area contributed by atoms with Crippen molar-refractivity contribution < 1.29 is 4.79 Å². The minimum absolute atomic E-state index is 0.122. The molecule has 26 heavy (non-hydrogen) atoms. The third kappa shape index (κ3) is 4.05. The van der Waals surface area contributed by atoms with E-state index in [9.17, 15) is 4.79 Å². The zero-order chi connectivity index (χ0) is 18.7. The van der Waals surface area contributed by atoms with Crippen LogP contribution in [0.15, 0.2) is 64.6 Å². The van der Waals surface area contributed by atoms with Gasteiger partial charge in [-0.1, -0.05) is 32.5 Å². The zero-order valence-electron chi connectivity index (χ0n) is 14.9. The van der Waals surface area contributed by atoms with Crippen molar-refractivity contribution in [3.05, 3.63) is 60.6 Å². The summed E-state index contributed by atoms with van der Waals surface area (Å²) < 4.78 is 0. The van der Waals surface area contributed by atoms with Crippen LogP contribution in [0.1, 0.15) is 26.5 Å². The fraction of sp³-hybridized carbons (Fsp3) is 0.211. The highest BCUT2D eigenvalue weighted by Crippen LogP contribution is 2.32. The molecule has 0 aliphatic heterocycles. The van der Waals surface area contributed by atoms with Crippen molar-refractivity contribution in [1.29, 1.82) is 0 Å². The number of H-pyrrole nitrogens is 1. The van der Waals surface area contributed by atoms with E-state index in [1.807, 2.05) is 42.5 Å². The molecule has 0 spiro atoms. The number of hydrogen-bond acceptors (Lipinski definition) is 4. The van der Waals surface area contributed by atoms with Gasteiger partial charge in [-0.05, 0) is 36.4 Å². The average molecular weight is 367 g/mol. The number of nitrogens with zero attached hydrogens (tertiary/aromatic N) is 3. The van der Waals surface area contributed by atoms with Crippen LogP contribution in [0.3, 0.4) is 0 Å². The lowest BCUT2D eigenvalue weighted by Crippen LogP contribution is -2.31. The third-order valence-electron chi connectivity index (χ3n) is 3.77. The number of urea groups is 1. The third-order valence-corrected chi connectivity index (χ3v) is 4.79. The summed E-state index contributed by atoms with van der Waals surface area (Å²) in [4.78, 5) is 19.6. The molecule has 2 aromatic heterocycles. The van der Waals surface area contributed by atoms with Gasteiger partial charge in [-0.2, -0.15) is 5.10 Å². The van der Waals surface area contributed by atoms with Crippen molar-refractivity contribution in [3.8, 4) is 0 Å². The fourth-order valence-electron chi connectivity index (χ4n) is 2.40. The van der Waals surface area contributed by atoms with Gasteiger partial charge in [0.25, 0.3) is 0 Å². The van der Waals surface area contributed by atoms with Gasteiger partial charge in [0.05, 0.1) is 11.4 Å². The second-order valence-electron chi connectivity index (χ2n) is 6.84. The SMILES string of the molecule is CC(C)(C)c1cc(N(C(N)=O)c2ccc(Sc3ccncc3)cc2)[nH]n1. The van der Waals surface area contributed by atoms with E-state index < -0.39 is 6.03 Å². The summed E-state index contributed by atoms with van der Waals surface area (Å²) in [5, 5.41) is 7.21. The van der Waals surface area contributed by atoms with Crippen LogP contribution in [0.5, 0.6) is 0 Å². The second-order valence-corrected chi connectivity index (χ2v) is 7.99. The van der Waals surface area contributed by atoms with Crippen LogP contribution < -0.4 is 10.6 Å². The first-order valence-electron chi connectivity index (χ1n) is 8.18. The topological polar surface area (TPSA) is 87.9 Å². The number of hydrogen-bond donors (Lipinski definition) is 2. The number of anilines is 2. The largest absolute Gasteiger partial charge is 0.351 e. The molecule has 0 bridgehead atoms. The van der Waals surface area contributed by atoms with E-state index in [1.54, 1.807) is 24.2 Å². The quantitative estimate of drug-likeness (QED) is 0.712. The van der Waals surface area contributed by atoms with Crippen molar-refractivity contribution in [1.82, 2.24) is 15.2 Å². The van der Waals surface area contributed by atoms with Gasteiger partial charge in [0.15, 0.2) is 0 Å². The molecular formula is C19H21N5OS. The molecule has 3 N–H and O–H groups in total. The lowest BCUT2D eigenvalue weighted by Gasteiger charge is -2.19. The van der Waals surface area contributed by atoms with Gasteiger partial charge in [0.2, 0.25) is 0 Å². The summed E-state index contributed by atoms with van der Waals surface area (Å²) in [5.74, 6) is 0.553. The monoisotopic (exact) mass is 367 g/mol. The van der Waals surface area contributed by atoms with E-state index >= 15 is 0 Å². The molecule has 1 aromatic carbocycles. The Labute approximate surface area is 156 Å². The van der Waals surface area contributed by atoms with Crippen molar-refractivity contribution in [2.75, 3.05) is 4.90 Å². The molecule has 0 saturated carbocycles. The Morgan fingerprint density at radius 3 is 2.23 bits per heavy atom. The molecule has 0 saturated heterocycles. The highest BCUT2D eigenvalue weighted by molar-refractivity contribution is 7.99. The molecule has 3 aromatic rings. The normalized spacial score (nSPS) is 11.3. The number of amides is 2. The molecule has 0 radical (unpaired) electrons. The summed E-state index contributed by atoms with van der Waals surface area (Å²) in [6.07, 6.45) is 3.52. The Morgan fingerprint density at radius 2 is 1.69 bits per heavy atom. The standard InChI is InChI=1S/C19H21N5OS/c1-19(2,3)16-12-17(23-22-16)24(18(20)25)13-4-6-14(7-5-13)26-15-8-10-21-11-9-15/h4-12H,1-3H3,(H2,20,25)(H,22,23). The predicted octanol–water partition coefficient (Wildman–Crippen LogP) is 4.47. The van der Waals surface area contributed by atoms with E-state index in [-0.39, 0.29) is 5.41 Å². The van der Waals surface area contributed by atoms with Crippen LogP contribution in [0, 0.1) is 0 Å². The second kappa shape index (κ2) is 7.21. The van der Waals surface area contributed by atoms with Gasteiger partial charge < -0.3 is 5.73 Å². The van der Waals surface area contributed by atoms with Crippen LogP contribution in [0.25, 0.3) is 0 Å². The molecule has 6 nitrogen and oxygen atoms in total. The number of nitrogens with one attached hydrogen (secondary N) is 1. The highest BCUT2D eigenvalue weighted by Gasteiger charge is 2.22. The average Bonchev–Trinajstić information content (AvgIpc) is 3.07. The van der Waals surface area contributed by atoms with Crippen LogP contribution in [0.4, 0.5) is 16.3 Å². The van der Waals surface area contributed by atoms with Crippen molar-refractivity contribution in [2.24, 2.45) is 5.73 Å². The highest BCUT2D eigenvalue weighted by atomic mass is 32.2. The number of pyridine rings is 1. The van der Waals surface area contributed by atoms with E-state index in [4.69, 9.17) is 5.73 Å². The number of carbonyl (C=O) groups is 1. The van der Waals surface area contributed by atoms with E-state index in [0.717, 1.165) is 15.5 Å². The first kappa shape index (κ1) is 18.0. The maximum Gasteiger partial charge on any atom is 0.325 e. The zero-order valence-corrected chi connectivity index (χ0v) is 15.7. The number of nitrogens with two attached hydrogens (primary N) is 1. The molecule has 0 fully saturated rings. The number of primary amides is 1. The summed E-state index contributed by atoms with van der Waals surface area (Å²) in [5.41, 5.74) is 7.03. The van der Waals surface area contributed by atoms with Gasteiger partial charge in [0.1, 0.15) is 5.82 Å². The minimum atomic E-state index is -0.566. The molecule has 0 aliphatic carbocycles. The van der Waals surface area contributed by atoms with Crippen LogP contribution in [0.2, 0.25) is 0 Å². The lowest BCUT2D eigenvalue weighted by molar-refractivity contribution is 0.256. The maximum atomic E-state index is 12.0. The number of rotatable bonds is 4. The summed E-state index contributed by atoms with van der Waals surface area (Å²) in [6, 6.07) is 12.8. The van der Waals surface area contributed by atoms with Gasteiger partial charge in [-0.25, -0.2) is 9.69 Å². The first-order chi connectivity index (χ1) is 12.3. The van der Waals surface area contributed by atoms with Crippen LogP contribution in [-0.4, -0.2) is 21.2 Å². The molecule has 0 unspecified atom stereocenters. The molecule has 7 heteroatoms. The molecule has 2 heterocycles. The minimum Gasteiger partial charge on any atom is -0.351 e. The van der Waals surface area contributed by atoms with Crippen molar-refractivity contribution in [3.63, 3.8) is 0 Å². The summed E-state index contributed by atoms with van der Waals surface area (Å²) in [7, 11) is 0. The van der Waals surface area contributed by atoms with Crippen molar-refractivity contribution in [2.45, 2.75) is 36.0 Å². The predicted molar refractivity (Wildman–Crippen MR) is 104 cm³/mol. The number of benzene rings is 1. The van der Waals surface area contributed by atoms with E-state index in [0.29, 0.717) is 11.5 Å². The summed E-state index contributed by atoms with van der Waals surface area (Å²) >= 11 is 1.62. The number of aromatic nitrogens is 3. The van der Waals surface area contributed by atoms with Crippen molar-refractivity contribution >= 4 is 29.3 Å². The molecule has 3 rings (SSSR count). The Bertz CT molecular complexity index is 884. The van der Waals surface area contributed by atoms with Gasteiger partial charge in [-0.15, -0.1) is 0 Å². The lowest BCUT2D eigenvalue weighted by atomic mass is 9.92. The smallest absolute Gasteiger partial charge is 0.325 e. The Balaban J connectivity index is 1.85. The molecule has 0 atom stereocenters. The Kier molecular flexibility index (Phi) is 4.99. The first-order valence-corrected chi connectivity index (χ1v) is 8.99. The van der Waals surface area contributed by atoms with Gasteiger partial charge in [-0.3, -0.25) is 10.1 Å². The number of carbonyl (C=O) groups excluding carboxylic acids is 1.